The van der Waals surface area contributed by atoms with Crippen molar-refractivity contribution < 1.29 is 8.42 Å². The molecule has 23 heavy (non-hydrogen) atoms. The third kappa shape index (κ3) is 3.67. The molecule has 2 aromatic rings. The van der Waals surface area contributed by atoms with E-state index < -0.39 is 10.0 Å². The lowest BCUT2D eigenvalue weighted by Gasteiger charge is -2.26. The molecule has 0 amide bonds. The van der Waals surface area contributed by atoms with Crippen LogP contribution in [-0.4, -0.2) is 19.9 Å². The molecule has 0 bridgehead atoms. The first-order chi connectivity index (χ1) is 10.9. The van der Waals surface area contributed by atoms with Crippen LogP contribution in [0.2, 0.25) is 0 Å². The number of nitrogens with two attached hydrogens (primary N) is 1. The molecule has 0 unspecified atom stereocenters. The molecule has 0 aliphatic rings. The highest BCUT2D eigenvalue weighted by Crippen LogP contribution is 2.30. The van der Waals surface area contributed by atoms with Gasteiger partial charge in [0.25, 0.3) is 10.0 Å². The standard InChI is InChI=1S/C16H20BrN3O2S/c1-3-9-20(14-8-6-5-7-12(14)4-2)23(21,22)15-10-13(17)11-19-16(15)18/h5-8,10-11H,3-4,9H2,1-2H3,(H2,18,19). The van der Waals surface area contributed by atoms with Crippen LogP contribution in [0.15, 0.2) is 45.9 Å². The van der Waals surface area contributed by atoms with E-state index in [4.69, 9.17) is 5.73 Å². The number of anilines is 2. The zero-order valence-electron chi connectivity index (χ0n) is 13.2. The minimum absolute atomic E-state index is 0.00304. The first kappa shape index (κ1) is 17.7. The third-order valence-corrected chi connectivity index (χ3v) is 5.76. The van der Waals surface area contributed by atoms with Crippen molar-refractivity contribution in [3.63, 3.8) is 0 Å². The van der Waals surface area contributed by atoms with Gasteiger partial charge in [0.1, 0.15) is 10.7 Å². The largest absolute Gasteiger partial charge is 0.383 e. The van der Waals surface area contributed by atoms with Gasteiger partial charge in [-0.25, -0.2) is 13.4 Å². The second kappa shape index (κ2) is 7.31. The van der Waals surface area contributed by atoms with Crippen molar-refractivity contribution in [2.75, 3.05) is 16.6 Å². The number of nitrogen functional groups attached to an aromatic ring is 1. The van der Waals surface area contributed by atoms with E-state index in [2.05, 4.69) is 20.9 Å². The first-order valence-electron chi connectivity index (χ1n) is 7.43. The first-order valence-corrected chi connectivity index (χ1v) is 9.66. The maximum absolute atomic E-state index is 13.1. The lowest BCUT2D eigenvalue weighted by molar-refractivity contribution is 0.590. The molecule has 0 spiro atoms. The van der Waals surface area contributed by atoms with Crippen molar-refractivity contribution in [2.45, 2.75) is 31.6 Å². The van der Waals surface area contributed by atoms with Crippen LogP contribution in [0.1, 0.15) is 25.8 Å². The highest BCUT2D eigenvalue weighted by atomic mass is 79.9. The predicted octanol–water partition coefficient (Wildman–Crippen LogP) is 3.59. The number of hydrogen-bond donors (Lipinski definition) is 1. The monoisotopic (exact) mass is 397 g/mol. The zero-order chi connectivity index (χ0) is 17.0. The summed E-state index contributed by atoms with van der Waals surface area (Å²) in [6, 6.07) is 9.02. The summed E-state index contributed by atoms with van der Waals surface area (Å²) in [5.41, 5.74) is 7.49. The van der Waals surface area contributed by atoms with Crippen LogP contribution in [0.5, 0.6) is 0 Å². The summed E-state index contributed by atoms with van der Waals surface area (Å²) in [4.78, 5) is 3.97. The Hall–Kier alpha value is -1.60. The lowest BCUT2D eigenvalue weighted by Crippen LogP contribution is -2.33. The van der Waals surface area contributed by atoms with E-state index >= 15 is 0 Å². The van der Waals surface area contributed by atoms with E-state index in [1.165, 1.54) is 16.6 Å². The highest BCUT2D eigenvalue weighted by Gasteiger charge is 2.28. The molecule has 0 saturated carbocycles. The number of aromatic nitrogens is 1. The molecule has 0 aliphatic heterocycles. The fraction of sp³-hybridized carbons (Fsp3) is 0.312. The fourth-order valence-corrected chi connectivity index (χ4v) is 4.56. The van der Waals surface area contributed by atoms with Gasteiger partial charge in [-0.3, -0.25) is 4.31 Å². The van der Waals surface area contributed by atoms with Crippen LogP contribution in [0, 0.1) is 0 Å². The molecule has 0 saturated heterocycles. The Balaban J connectivity index is 2.62. The lowest BCUT2D eigenvalue weighted by atomic mass is 10.1. The summed E-state index contributed by atoms with van der Waals surface area (Å²) in [7, 11) is -3.79. The molecule has 5 nitrogen and oxygen atoms in total. The molecular formula is C16H20BrN3O2S. The number of nitrogens with zero attached hydrogens (tertiary/aromatic N) is 2. The fourth-order valence-electron chi connectivity index (χ4n) is 2.38. The number of benzene rings is 1. The summed E-state index contributed by atoms with van der Waals surface area (Å²) in [6.07, 6.45) is 2.93. The SMILES string of the molecule is CCCN(c1ccccc1CC)S(=O)(=O)c1cc(Br)cnc1N. The van der Waals surface area contributed by atoms with Crippen molar-refractivity contribution in [1.82, 2.24) is 4.98 Å². The maximum atomic E-state index is 13.1. The molecule has 0 fully saturated rings. The van der Waals surface area contributed by atoms with Crippen molar-refractivity contribution in [3.05, 3.63) is 46.6 Å². The number of sulfonamides is 1. The number of rotatable bonds is 6. The maximum Gasteiger partial charge on any atom is 0.268 e. The van der Waals surface area contributed by atoms with Crippen LogP contribution >= 0.6 is 15.9 Å². The summed E-state index contributed by atoms with van der Waals surface area (Å²) >= 11 is 3.26. The van der Waals surface area contributed by atoms with Gasteiger partial charge in [0.05, 0.1) is 5.69 Å². The number of halogens is 1. The van der Waals surface area contributed by atoms with E-state index in [9.17, 15) is 8.42 Å². The van der Waals surface area contributed by atoms with Crippen LogP contribution in [0.4, 0.5) is 11.5 Å². The van der Waals surface area contributed by atoms with Crippen molar-refractivity contribution in [2.24, 2.45) is 0 Å². The Morgan fingerprint density at radius 2 is 1.96 bits per heavy atom. The Kier molecular flexibility index (Phi) is 5.64. The second-order valence-corrected chi connectivity index (χ2v) is 7.84. The van der Waals surface area contributed by atoms with E-state index in [1.54, 1.807) is 0 Å². The molecular weight excluding hydrogens is 378 g/mol. The number of aryl methyl sites for hydroxylation is 1. The number of pyridine rings is 1. The van der Waals surface area contributed by atoms with Crippen molar-refractivity contribution in [1.29, 1.82) is 0 Å². The second-order valence-electron chi connectivity index (χ2n) is 5.10. The van der Waals surface area contributed by atoms with Crippen molar-refractivity contribution >= 4 is 37.5 Å². The van der Waals surface area contributed by atoms with Gasteiger partial charge in [-0.05, 0) is 46.5 Å². The summed E-state index contributed by atoms with van der Waals surface area (Å²) < 4.78 is 28.3. The Morgan fingerprint density at radius 1 is 1.26 bits per heavy atom. The van der Waals surface area contributed by atoms with Gasteiger partial charge < -0.3 is 5.73 Å². The molecule has 0 aliphatic carbocycles. The van der Waals surface area contributed by atoms with Crippen LogP contribution < -0.4 is 10.0 Å². The van der Waals surface area contributed by atoms with Gasteiger partial charge in [0.2, 0.25) is 0 Å². The van der Waals surface area contributed by atoms with E-state index in [0.29, 0.717) is 23.1 Å². The Labute approximate surface area is 145 Å². The van der Waals surface area contributed by atoms with E-state index in [1.807, 2.05) is 38.1 Å². The molecule has 1 aromatic carbocycles. The summed E-state index contributed by atoms with van der Waals surface area (Å²) in [5, 5.41) is 0. The van der Waals surface area contributed by atoms with Gasteiger partial charge >= 0.3 is 0 Å². The highest BCUT2D eigenvalue weighted by molar-refractivity contribution is 9.10. The normalized spacial score (nSPS) is 11.4. The van der Waals surface area contributed by atoms with Gasteiger partial charge in [0.15, 0.2) is 0 Å². The van der Waals surface area contributed by atoms with Gasteiger partial charge in [-0.1, -0.05) is 32.0 Å². The molecule has 0 atom stereocenters. The summed E-state index contributed by atoms with van der Waals surface area (Å²) in [5.74, 6) is 0.00304. The van der Waals surface area contributed by atoms with Crippen LogP contribution in [-0.2, 0) is 16.4 Å². The number of hydrogen-bond acceptors (Lipinski definition) is 4. The van der Waals surface area contributed by atoms with Gasteiger partial charge in [-0.2, -0.15) is 0 Å². The molecule has 1 aromatic heterocycles. The summed E-state index contributed by atoms with van der Waals surface area (Å²) in [6.45, 7) is 4.33. The van der Waals surface area contributed by atoms with Crippen molar-refractivity contribution in [3.8, 4) is 0 Å². The smallest absolute Gasteiger partial charge is 0.268 e. The average molecular weight is 398 g/mol. The zero-order valence-corrected chi connectivity index (χ0v) is 15.6. The van der Waals surface area contributed by atoms with Gasteiger partial charge in [0, 0.05) is 17.2 Å². The van der Waals surface area contributed by atoms with E-state index in [0.717, 1.165) is 12.0 Å². The molecule has 2 rings (SSSR count). The molecule has 124 valence electrons. The minimum atomic E-state index is -3.79. The molecule has 7 heteroatoms. The van der Waals surface area contributed by atoms with E-state index in [-0.39, 0.29) is 10.7 Å². The predicted molar refractivity (Wildman–Crippen MR) is 97.0 cm³/mol. The Morgan fingerprint density at radius 3 is 2.61 bits per heavy atom. The molecule has 1 heterocycles. The van der Waals surface area contributed by atoms with Crippen LogP contribution in [0.3, 0.4) is 0 Å². The Bertz CT molecular complexity index is 794. The van der Waals surface area contributed by atoms with Gasteiger partial charge in [-0.15, -0.1) is 0 Å². The number of para-hydroxylation sites is 1. The quantitative estimate of drug-likeness (QED) is 0.807. The topological polar surface area (TPSA) is 76.3 Å². The molecule has 0 radical (unpaired) electrons. The minimum Gasteiger partial charge on any atom is -0.383 e. The van der Waals surface area contributed by atoms with Crippen LogP contribution in [0.25, 0.3) is 0 Å². The molecule has 2 N–H and O–H groups in total. The average Bonchev–Trinajstić information content (AvgIpc) is 2.54. The third-order valence-electron chi connectivity index (χ3n) is 3.48.